The van der Waals surface area contributed by atoms with Crippen LogP contribution in [-0.4, -0.2) is 26.2 Å². The standard InChI is InChI=1S/C18H27NO2/c1-4-14-11-13(2)16(15-7-5-6-8-15)12-17(14)18(20)19-9-10-21-3/h11-12,15H,4-10H2,1-3H3,(H,19,20). The van der Waals surface area contributed by atoms with Crippen LogP contribution in [0.2, 0.25) is 0 Å². The molecular formula is C18H27NO2. The topological polar surface area (TPSA) is 38.3 Å². The van der Waals surface area contributed by atoms with E-state index in [9.17, 15) is 4.79 Å². The van der Waals surface area contributed by atoms with E-state index in [1.165, 1.54) is 36.8 Å². The van der Waals surface area contributed by atoms with E-state index in [1.807, 2.05) is 0 Å². The molecule has 0 radical (unpaired) electrons. The molecule has 1 fully saturated rings. The number of aryl methyl sites for hydroxylation is 2. The number of carbonyl (C=O) groups is 1. The highest BCUT2D eigenvalue weighted by Crippen LogP contribution is 2.36. The van der Waals surface area contributed by atoms with Crippen LogP contribution in [0.5, 0.6) is 0 Å². The molecule has 0 bridgehead atoms. The van der Waals surface area contributed by atoms with Gasteiger partial charge in [0.1, 0.15) is 0 Å². The van der Waals surface area contributed by atoms with E-state index in [1.54, 1.807) is 7.11 Å². The van der Waals surface area contributed by atoms with Crippen LogP contribution >= 0.6 is 0 Å². The molecule has 0 unspecified atom stereocenters. The van der Waals surface area contributed by atoms with E-state index >= 15 is 0 Å². The molecule has 0 atom stereocenters. The molecule has 0 heterocycles. The largest absolute Gasteiger partial charge is 0.383 e. The van der Waals surface area contributed by atoms with Crippen molar-refractivity contribution in [1.29, 1.82) is 0 Å². The van der Waals surface area contributed by atoms with Crippen molar-refractivity contribution in [2.75, 3.05) is 20.3 Å². The molecule has 116 valence electrons. The van der Waals surface area contributed by atoms with Crippen LogP contribution in [0.25, 0.3) is 0 Å². The van der Waals surface area contributed by atoms with Crippen LogP contribution in [0, 0.1) is 6.92 Å². The van der Waals surface area contributed by atoms with Crippen molar-refractivity contribution in [2.24, 2.45) is 0 Å². The summed E-state index contributed by atoms with van der Waals surface area (Å²) in [5, 5.41) is 2.95. The van der Waals surface area contributed by atoms with E-state index in [2.05, 4.69) is 31.3 Å². The van der Waals surface area contributed by atoms with E-state index in [4.69, 9.17) is 4.74 Å². The lowest BCUT2D eigenvalue weighted by molar-refractivity contribution is 0.0936. The molecule has 0 spiro atoms. The van der Waals surface area contributed by atoms with Crippen molar-refractivity contribution in [1.82, 2.24) is 5.32 Å². The fourth-order valence-corrected chi connectivity index (χ4v) is 3.33. The zero-order chi connectivity index (χ0) is 15.2. The summed E-state index contributed by atoms with van der Waals surface area (Å²) in [5.74, 6) is 0.671. The number of ether oxygens (including phenoxy) is 1. The van der Waals surface area contributed by atoms with Gasteiger partial charge >= 0.3 is 0 Å². The maximum absolute atomic E-state index is 12.4. The van der Waals surface area contributed by atoms with Crippen molar-refractivity contribution >= 4 is 5.91 Å². The number of amides is 1. The summed E-state index contributed by atoms with van der Waals surface area (Å²) >= 11 is 0. The summed E-state index contributed by atoms with van der Waals surface area (Å²) in [7, 11) is 1.65. The Kier molecular flexibility index (Phi) is 5.80. The Morgan fingerprint density at radius 3 is 2.67 bits per heavy atom. The Morgan fingerprint density at radius 1 is 1.33 bits per heavy atom. The predicted molar refractivity (Wildman–Crippen MR) is 86.0 cm³/mol. The van der Waals surface area contributed by atoms with Gasteiger partial charge in [0, 0.05) is 19.2 Å². The van der Waals surface area contributed by atoms with E-state index in [0.29, 0.717) is 19.1 Å². The minimum atomic E-state index is 0.0307. The molecule has 3 nitrogen and oxygen atoms in total. The molecular weight excluding hydrogens is 262 g/mol. The number of nitrogens with one attached hydrogen (secondary N) is 1. The first-order valence-corrected chi connectivity index (χ1v) is 8.08. The first-order valence-electron chi connectivity index (χ1n) is 8.08. The summed E-state index contributed by atoms with van der Waals surface area (Å²) < 4.78 is 4.99. The molecule has 1 saturated carbocycles. The first-order chi connectivity index (χ1) is 10.2. The number of methoxy groups -OCH3 is 1. The molecule has 21 heavy (non-hydrogen) atoms. The van der Waals surface area contributed by atoms with E-state index in [0.717, 1.165) is 17.5 Å². The lowest BCUT2D eigenvalue weighted by Crippen LogP contribution is -2.28. The van der Waals surface area contributed by atoms with Crippen LogP contribution in [0.4, 0.5) is 0 Å². The van der Waals surface area contributed by atoms with Gasteiger partial charge in [-0.2, -0.15) is 0 Å². The molecule has 1 N–H and O–H groups in total. The minimum Gasteiger partial charge on any atom is -0.383 e. The van der Waals surface area contributed by atoms with Crippen LogP contribution in [0.1, 0.15) is 65.6 Å². The second-order valence-electron chi connectivity index (χ2n) is 5.95. The van der Waals surface area contributed by atoms with Crippen molar-refractivity contribution in [3.63, 3.8) is 0 Å². The molecule has 2 rings (SSSR count). The smallest absolute Gasteiger partial charge is 0.251 e. The highest BCUT2D eigenvalue weighted by Gasteiger charge is 2.21. The van der Waals surface area contributed by atoms with E-state index < -0.39 is 0 Å². The van der Waals surface area contributed by atoms with Crippen molar-refractivity contribution < 1.29 is 9.53 Å². The van der Waals surface area contributed by atoms with Gasteiger partial charge in [0.05, 0.1) is 6.61 Å². The van der Waals surface area contributed by atoms with Gasteiger partial charge in [-0.15, -0.1) is 0 Å². The molecule has 0 aliphatic heterocycles. The number of rotatable bonds is 6. The Morgan fingerprint density at radius 2 is 2.05 bits per heavy atom. The number of benzene rings is 1. The zero-order valence-corrected chi connectivity index (χ0v) is 13.5. The van der Waals surface area contributed by atoms with Gasteiger partial charge in [-0.1, -0.05) is 25.8 Å². The molecule has 0 aromatic heterocycles. The Bertz CT molecular complexity index is 490. The summed E-state index contributed by atoms with van der Waals surface area (Å²) in [5.41, 5.74) is 4.71. The average molecular weight is 289 g/mol. The lowest BCUT2D eigenvalue weighted by Gasteiger charge is -2.18. The van der Waals surface area contributed by atoms with Gasteiger partial charge in [-0.05, 0) is 54.9 Å². The maximum atomic E-state index is 12.4. The fourth-order valence-electron chi connectivity index (χ4n) is 3.33. The number of hydrogen-bond acceptors (Lipinski definition) is 2. The normalized spacial score (nSPS) is 15.4. The van der Waals surface area contributed by atoms with Crippen LogP contribution in [-0.2, 0) is 11.2 Å². The highest BCUT2D eigenvalue weighted by molar-refractivity contribution is 5.96. The number of carbonyl (C=O) groups excluding carboxylic acids is 1. The van der Waals surface area contributed by atoms with Crippen molar-refractivity contribution in [3.8, 4) is 0 Å². The van der Waals surface area contributed by atoms with Crippen molar-refractivity contribution in [2.45, 2.75) is 51.9 Å². The Labute approximate surface area is 128 Å². The second kappa shape index (κ2) is 7.60. The fraction of sp³-hybridized carbons (Fsp3) is 0.611. The quantitative estimate of drug-likeness (QED) is 0.813. The van der Waals surface area contributed by atoms with Gasteiger partial charge in [-0.3, -0.25) is 4.79 Å². The third kappa shape index (κ3) is 3.85. The molecule has 1 aromatic carbocycles. The average Bonchev–Trinajstić information content (AvgIpc) is 3.01. The number of hydrogen-bond donors (Lipinski definition) is 1. The van der Waals surface area contributed by atoms with Gasteiger partial charge in [0.15, 0.2) is 0 Å². The van der Waals surface area contributed by atoms with Gasteiger partial charge in [-0.25, -0.2) is 0 Å². The second-order valence-corrected chi connectivity index (χ2v) is 5.95. The zero-order valence-electron chi connectivity index (χ0n) is 13.5. The summed E-state index contributed by atoms with van der Waals surface area (Å²) in [6.45, 7) is 5.40. The molecule has 1 aliphatic rings. The van der Waals surface area contributed by atoms with Crippen LogP contribution in [0.15, 0.2) is 12.1 Å². The third-order valence-corrected chi connectivity index (χ3v) is 4.50. The summed E-state index contributed by atoms with van der Waals surface area (Å²) in [6, 6.07) is 4.35. The summed E-state index contributed by atoms with van der Waals surface area (Å²) in [4.78, 5) is 12.4. The predicted octanol–water partition coefficient (Wildman–Crippen LogP) is 3.59. The SMILES string of the molecule is CCc1cc(C)c(C2CCCC2)cc1C(=O)NCCOC. The maximum Gasteiger partial charge on any atom is 0.251 e. The Balaban J connectivity index is 2.25. The van der Waals surface area contributed by atoms with Gasteiger partial charge in [0.25, 0.3) is 5.91 Å². The molecule has 0 saturated heterocycles. The van der Waals surface area contributed by atoms with Gasteiger partial charge < -0.3 is 10.1 Å². The molecule has 1 amide bonds. The van der Waals surface area contributed by atoms with Crippen molar-refractivity contribution in [3.05, 3.63) is 34.4 Å². The van der Waals surface area contributed by atoms with Crippen LogP contribution < -0.4 is 5.32 Å². The van der Waals surface area contributed by atoms with Gasteiger partial charge in [0.2, 0.25) is 0 Å². The first kappa shape index (κ1) is 16.0. The third-order valence-electron chi connectivity index (χ3n) is 4.50. The lowest BCUT2D eigenvalue weighted by atomic mass is 9.88. The van der Waals surface area contributed by atoms with E-state index in [-0.39, 0.29) is 5.91 Å². The highest BCUT2D eigenvalue weighted by atomic mass is 16.5. The molecule has 1 aliphatic carbocycles. The van der Waals surface area contributed by atoms with Crippen LogP contribution in [0.3, 0.4) is 0 Å². The minimum absolute atomic E-state index is 0.0307. The summed E-state index contributed by atoms with van der Waals surface area (Å²) in [6.07, 6.45) is 6.04. The Hall–Kier alpha value is -1.35. The monoisotopic (exact) mass is 289 g/mol. The molecule has 1 aromatic rings. The molecule has 3 heteroatoms.